The van der Waals surface area contributed by atoms with Crippen molar-refractivity contribution in [3.63, 3.8) is 0 Å². The Morgan fingerprint density at radius 3 is 2.25 bits per heavy atom. The standard InChI is InChI=1S/C30H35N3O3/c34-29(32-26-18-16-25(17-19-26)30(35)33-20-8-1-2-9-21-33)23-31-27-14-6-7-15-28(27)36-22-10-13-24-11-4-3-5-12-24/h3-7,11-12,14-19,31H,1-2,8-10,13,20-23H2,(H,32,34). The maximum Gasteiger partial charge on any atom is 0.253 e. The molecule has 3 aromatic carbocycles. The lowest BCUT2D eigenvalue weighted by Gasteiger charge is -2.20. The van der Waals surface area contributed by atoms with Crippen molar-refractivity contribution < 1.29 is 14.3 Å². The van der Waals surface area contributed by atoms with Gasteiger partial charge < -0.3 is 20.3 Å². The number of ether oxygens (including phenoxy) is 1. The highest BCUT2D eigenvalue weighted by molar-refractivity contribution is 5.96. The third-order valence-electron chi connectivity index (χ3n) is 6.35. The molecule has 1 aliphatic heterocycles. The van der Waals surface area contributed by atoms with Crippen LogP contribution < -0.4 is 15.4 Å². The predicted molar refractivity (Wildman–Crippen MR) is 145 cm³/mol. The quantitative estimate of drug-likeness (QED) is 0.358. The summed E-state index contributed by atoms with van der Waals surface area (Å²) in [5, 5.41) is 6.06. The Hall–Kier alpha value is -3.80. The number of benzene rings is 3. The van der Waals surface area contributed by atoms with Crippen LogP contribution in [0.2, 0.25) is 0 Å². The number of nitrogens with zero attached hydrogens (tertiary/aromatic N) is 1. The number of amides is 2. The highest BCUT2D eigenvalue weighted by Gasteiger charge is 2.17. The molecule has 2 amide bonds. The van der Waals surface area contributed by atoms with Gasteiger partial charge in [0.2, 0.25) is 5.91 Å². The van der Waals surface area contributed by atoms with Crippen molar-refractivity contribution >= 4 is 23.2 Å². The summed E-state index contributed by atoms with van der Waals surface area (Å²) in [6.45, 7) is 2.35. The van der Waals surface area contributed by atoms with Crippen LogP contribution >= 0.6 is 0 Å². The van der Waals surface area contributed by atoms with Gasteiger partial charge in [-0.15, -0.1) is 0 Å². The number of likely N-dealkylation sites (tertiary alicyclic amines) is 1. The molecule has 2 N–H and O–H groups in total. The third-order valence-corrected chi connectivity index (χ3v) is 6.35. The molecular formula is C30H35N3O3. The highest BCUT2D eigenvalue weighted by Crippen LogP contribution is 2.24. The Kier molecular flexibility index (Phi) is 9.37. The van der Waals surface area contributed by atoms with Gasteiger partial charge in [0.25, 0.3) is 5.91 Å². The fourth-order valence-corrected chi connectivity index (χ4v) is 4.37. The minimum absolute atomic E-state index is 0.0665. The van der Waals surface area contributed by atoms with Crippen LogP contribution in [0.15, 0.2) is 78.9 Å². The van der Waals surface area contributed by atoms with E-state index < -0.39 is 0 Å². The first-order chi connectivity index (χ1) is 17.7. The van der Waals surface area contributed by atoms with Gasteiger partial charge >= 0.3 is 0 Å². The lowest BCUT2D eigenvalue weighted by Crippen LogP contribution is -2.31. The van der Waals surface area contributed by atoms with E-state index in [-0.39, 0.29) is 18.4 Å². The van der Waals surface area contributed by atoms with Gasteiger partial charge in [-0.3, -0.25) is 9.59 Å². The second-order valence-electron chi connectivity index (χ2n) is 9.12. The van der Waals surface area contributed by atoms with Gasteiger partial charge in [0.1, 0.15) is 5.75 Å². The number of para-hydroxylation sites is 2. The first kappa shape index (κ1) is 25.3. The van der Waals surface area contributed by atoms with Crippen LogP contribution in [0, 0.1) is 0 Å². The van der Waals surface area contributed by atoms with E-state index in [2.05, 4.69) is 22.8 Å². The Labute approximate surface area is 213 Å². The molecule has 0 unspecified atom stereocenters. The second kappa shape index (κ2) is 13.3. The fraction of sp³-hybridized carbons (Fsp3) is 0.333. The average molecular weight is 486 g/mol. The van der Waals surface area contributed by atoms with Crippen LogP contribution in [0.3, 0.4) is 0 Å². The van der Waals surface area contributed by atoms with Gasteiger partial charge in [-0.25, -0.2) is 0 Å². The predicted octanol–water partition coefficient (Wildman–Crippen LogP) is 5.77. The molecule has 0 radical (unpaired) electrons. The largest absolute Gasteiger partial charge is 0.491 e. The Bertz CT molecular complexity index is 1110. The summed E-state index contributed by atoms with van der Waals surface area (Å²) >= 11 is 0. The fourth-order valence-electron chi connectivity index (χ4n) is 4.37. The van der Waals surface area contributed by atoms with Gasteiger partial charge in [0.15, 0.2) is 0 Å². The van der Waals surface area contributed by atoms with Gasteiger partial charge in [0, 0.05) is 24.3 Å². The zero-order chi connectivity index (χ0) is 25.0. The number of nitrogens with one attached hydrogen (secondary N) is 2. The second-order valence-corrected chi connectivity index (χ2v) is 9.12. The maximum atomic E-state index is 12.8. The van der Waals surface area contributed by atoms with E-state index in [1.165, 1.54) is 18.4 Å². The Morgan fingerprint density at radius 1 is 0.806 bits per heavy atom. The molecule has 1 saturated heterocycles. The summed E-state index contributed by atoms with van der Waals surface area (Å²) in [7, 11) is 0. The van der Waals surface area contributed by atoms with E-state index in [9.17, 15) is 9.59 Å². The molecule has 6 nitrogen and oxygen atoms in total. The summed E-state index contributed by atoms with van der Waals surface area (Å²) in [6.07, 6.45) is 6.38. The van der Waals surface area contributed by atoms with Crippen LogP contribution in [-0.2, 0) is 11.2 Å². The van der Waals surface area contributed by atoms with Crippen LogP contribution in [0.5, 0.6) is 5.75 Å². The lowest BCUT2D eigenvalue weighted by molar-refractivity contribution is -0.114. The van der Waals surface area contributed by atoms with Crippen molar-refractivity contribution in [3.05, 3.63) is 90.0 Å². The monoisotopic (exact) mass is 485 g/mol. The normalized spacial score (nSPS) is 13.5. The minimum atomic E-state index is -0.166. The molecule has 4 rings (SSSR count). The van der Waals surface area contributed by atoms with Gasteiger partial charge in [-0.05, 0) is 67.6 Å². The van der Waals surface area contributed by atoms with Crippen molar-refractivity contribution in [3.8, 4) is 5.75 Å². The smallest absolute Gasteiger partial charge is 0.253 e. The van der Waals surface area contributed by atoms with Crippen LogP contribution in [0.1, 0.15) is 48.0 Å². The molecule has 36 heavy (non-hydrogen) atoms. The summed E-state index contributed by atoms with van der Waals surface area (Å²) in [5.74, 6) is 0.632. The van der Waals surface area contributed by atoms with Crippen molar-refractivity contribution in [2.24, 2.45) is 0 Å². The summed E-state index contributed by atoms with van der Waals surface area (Å²) < 4.78 is 5.97. The van der Waals surface area contributed by atoms with Gasteiger partial charge in [-0.1, -0.05) is 55.3 Å². The van der Waals surface area contributed by atoms with Gasteiger partial charge in [0.05, 0.1) is 18.8 Å². The third kappa shape index (κ3) is 7.60. The lowest BCUT2D eigenvalue weighted by atomic mass is 10.1. The number of hydrogen-bond donors (Lipinski definition) is 2. The summed E-state index contributed by atoms with van der Waals surface area (Å²) in [4.78, 5) is 27.2. The molecule has 1 heterocycles. The Balaban J connectivity index is 1.23. The zero-order valence-electron chi connectivity index (χ0n) is 20.7. The molecule has 0 saturated carbocycles. The molecule has 1 fully saturated rings. The molecule has 0 atom stereocenters. The van der Waals surface area contributed by atoms with E-state index in [0.717, 1.165) is 50.2 Å². The molecule has 6 heteroatoms. The maximum absolute atomic E-state index is 12.8. The SMILES string of the molecule is O=C(CNc1ccccc1OCCCc1ccccc1)Nc1ccc(C(=O)N2CCCCCC2)cc1. The minimum Gasteiger partial charge on any atom is -0.491 e. The van der Waals surface area contributed by atoms with E-state index in [1.807, 2.05) is 47.4 Å². The van der Waals surface area contributed by atoms with E-state index in [0.29, 0.717) is 17.9 Å². The van der Waals surface area contributed by atoms with Crippen LogP contribution in [-0.4, -0.2) is 43.0 Å². The Morgan fingerprint density at radius 2 is 1.50 bits per heavy atom. The summed E-state index contributed by atoms with van der Waals surface area (Å²) in [6, 6.07) is 25.1. The number of aryl methyl sites for hydroxylation is 1. The average Bonchev–Trinajstić information content (AvgIpc) is 3.21. The van der Waals surface area contributed by atoms with Crippen LogP contribution in [0.4, 0.5) is 11.4 Å². The molecule has 3 aromatic rings. The topological polar surface area (TPSA) is 70.7 Å². The van der Waals surface area contributed by atoms with Gasteiger partial charge in [-0.2, -0.15) is 0 Å². The molecule has 0 aromatic heterocycles. The number of carbonyl (C=O) groups is 2. The molecular weight excluding hydrogens is 450 g/mol. The molecule has 0 spiro atoms. The van der Waals surface area contributed by atoms with E-state index >= 15 is 0 Å². The number of rotatable bonds is 10. The van der Waals surface area contributed by atoms with Crippen LogP contribution in [0.25, 0.3) is 0 Å². The first-order valence-corrected chi connectivity index (χ1v) is 12.9. The zero-order valence-corrected chi connectivity index (χ0v) is 20.7. The highest BCUT2D eigenvalue weighted by atomic mass is 16.5. The molecule has 188 valence electrons. The van der Waals surface area contributed by atoms with Crippen molar-refractivity contribution in [1.29, 1.82) is 0 Å². The van der Waals surface area contributed by atoms with Crippen molar-refractivity contribution in [2.75, 3.05) is 36.9 Å². The number of hydrogen-bond acceptors (Lipinski definition) is 4. The van der Waals surface area contributed by atoms with Crippen molar-refractivity contribution in [1.82, 2.24) is 4.90 Å². The molecule has 1 aliphatic rings. The van der Waals surface area contributed by atoms with Crippen molar-refractivity contribution in [2.45, 2.75) is 38.5 Å². The summed E-state index contributed by atoms with van der Waals surface area (Å²) in [5.41, 5.74) is 3.40. The number of carbonyl (C=O) groups excluding carboxylic acids is 2. The van der Waals surface area contributed by atoms with E-state index in [1.54, 1.807) is 24.3 Å². The van der Waals surface area contributed by atoms with E-state index in [4.69, 9.17) is 4.74 Å². The molecule has 0 bridgehead atoms. The first-order valence-electron chi connectivity index (χ1n) is 12.9. The number of anilines is 2. The molecule has 0 aliphatic carbocycles.